The predicted octanol–water partition coefficient (Wildman–Crippen LogP) is -0.627. The highest BCUT2D eigenvalue weighted by Gasteiger charge is 2.33. The quantitative estimate of drug-likeness (QED) is 0.144. The number of nitrogens with zero attached hydrogens (tertiary/aromatic N) is 1. The fraction of sp³-hybridized carbons (Fsp3) is 0.462. The first-order valence-corrected chi connectivity index (χ1v) is 12.7. The second-order valence-corrected chi connectivity index (χ2v) is 9.41. The normalized spacial score (nSPS) is 14.7. The van der Waals surface area contributed by atoms with Crippen LogP contribution in [-0.4, -0.2) is 68.8 Å². The number of aliphatic carboxylic acids is 1. The van der Waals surface area contributed by atoms with Gasteiger partial charge in [0.15, 0.2) is 0 Å². The number of hydrogen-bond donors (Lipinski definition) is 7. The van der Waals surface area contributed by atoms with Crippen LogP contribution in [0.1, 0.15) is 44.4 Å². The minimum atomic E-state index is -1.37. The first kappa shape index (κ1) is 31.0. The molecule has 1 heterocycles. The summed E-state index contributed by atoms with van der Waals surface area (Å²) in [5, 5.41) is 17.2. The van der Waals surface area contributed by atoms with Gasteiger partial charge in [0.2, 0.25) is 23.6 Å². The molecule has 0 saturated carbocycles. The van der Waals surface area contributed by atoms with Gasteiger partial charge >= 0.3 is 5.97 Å². The number of carbonyl (C=O) groups excluding carboxylic acids is 4. The van der Waals surface area contributed by atoms with Gasteiger partial charge < -0.3 is 37.5 Å². The highest BCUT2D eigenvalue weighted by Crippen LogP contribution is 2.11. The van der Waals surface area contributed by atoms with Crippen LogP contribution in [0.4, 0.5) is 0 Å². The number of aromatic amines is 1. The molecule has 2 aromatic rings. The van der Waals surface area contributed by atoms with Gasteiger partial charge in [-0.15, -0.1) is 0 Å². The fourth-order valence-corrected chi connectivity index (χ4v) is 3.83. The van der Waals surface area contributed by atoms with Crippen LogP contribution < -0.4 is 27.4 Å². The van der Waals surface area contributed by atoms with Crippen molar-refractivity contribution in [3.8, 4) is 0 Å². The highest BCUT2D eigenvalue weighted by molar-refractivity contribution is 5.94. The summed E-state index contributed by atoms with van der Waals surface area (Å²) >= 11 is 0. The topological polar surface area (TPSA) is 222 Å². The molecular weight excluding hydrogens is 506 g/mol. The number of carboxylic acids is 1. The Kier molecular flexibility index (Phi) is 12.1. The van der Waals surface area contributed by atoms with Gasteiger partial charge in [-0.2, -0.15) is 0 Å². The zero-order valence-electron chi connectivity index (χ0n) is 22.1. The van der Waals surface area contributed by atoms with Gasteiger partial charge in [0, 0.05) is 24.7 Å². The van der Waals surface area contributed by atoms with E-state index in [0.29, 0.717) is 12.1 Å². The maximum atomic E-state index is 13.4. The molecule has 0 aliphatic heterocycles. The lowest BCUT2D eigenvalue weighted by molar-refractivity contribution is -0.143. The summed E-state index contributed by atoms with van der Waals surface area (Å²) in [5.74, 6) is -4.37. The molecular formula is C26H37N7O6. The zero-order chi connectivity index (χ0) is 28.9. The standard InChI is InChI=1S/C26H37N7O6/c1-3-15(2)22(25(37)31-19(26(38)39)9-10-21(28)34)33-24(36)20(12-17-13-29-14-30-17)32-23(35)18(27)11-16-7-5-4-6-8-16/h4-8,13-15,18-20,22H,3,9-12,27H2,1-2H3,(H2,28,34)(H,29,30)(H,31,37)(H,32,35)(H,33,36)(H,38,39). The van der Waals surface area contributed by atoms with E-state index >= 15 is 0 Å². The van der Waals surface area contributed by atoms with Crippen LogP contribution in [0.3, 0.4) is 0 Å². The maximum Gasteiger partial charge on any atom is 0.326 e. The molecule has 0 bridgehead atoms. The monoisotopic (exact) mass is 543 g/mol. The van der Waals surface area contributed by atoms with Crippen LogP contribution in [0.15, 0.2) is 42.9 Å². The van der Waals surface area contributed by atoms with Gasteiger partial charge in [0.25, 0.3) is 0 Å². The van der Waals surface area contributed by atoms with E-state index in [0.717, 1.165) is 5.56 Å². The summed E-state index contributed by atoms with van der Waals surface area (Å²) in [6.07, 6.45) is 3.28. The lowest BCUT2D eigenvalue weighted by Gasteiger charge is -2.28. The summed E-state index contributed by atoms with van der Waals surface area (Å²) in [6.45, 7) is 3.54. The number of rotatable bonds is 16. The number of hydrogen-bond acceptors (Lipinski definition) is 7. The Hall–Kier alpha value is -4.26. The Bertz CT molecular complexity index is 1110. The molecule has 13 nitrogen and oxygen atoms in total. The molecule has 0 radical (unpaired) electrons. The van der Waals surface area contributed by atoms with E-state index in [9.17, 15) is 29.1 Å². The van der Waals surface area contributed by atoms with Gasteiger partial charge in [-0.1, -0.05) is 50.6 Å². The molecule has 0 fully saturated rings. The average Bonchev–Trinajstić information content (AvgIpc) is 3.41. The summed E-state index contributed by atoms with van der Waals surface area (Å²) in [7, 11) is 0. The van der Waals surface area contributed by atoms with Crippen LogP contribution in [0.25, 0.3) is 0 Å². The number of aromatic nitrogens is 2. The molecule has 13 heteroatoms. The zero-order valence-corrected chi connectivity index (χ0v) is 22.1. The van der Waals surface area contributed by atoms with Crippen LogP contribution in [0.2, 0.25) is 0 Å². The molecule has 5 unspecified atom stereocenters. The second kappa shape index (κ2) is 15.2. The van der Waals surface area contributed by atoms with E-state index in [2.05, 4.69) is 25.9 Å². The lowest BCUT2D eigenvalue weighted by Crippen LogP contribution is -2.59. The van der Waals surface area contributed by atoms with Crippen molar-refractivity contribution in [2.45, 2.75) is 70.1 Å². The summed E-state index contributed by atoms with van der Waals surface area (Å²) in [5.41, 5.74) is 12.6. The van der Waals surface area contributed by atoms with Crippen molar-refractivity contribution in [2.24, 2.45) is 17.4 Å². The molecule has 0 aliphatic carbocycles. The SMILES string of the molecule is CCC(C)C(NC(=O)C(Cc1cnc[nH]1)NC(=O)C(N)Cc1ccccc1)C(=O)NC(CCC(N)=O)C(=O)O. The maximum absolute atomic E-state index is 13.4. The minimum Gasteiger partial charge on any atom is -0.480 e. The van der Waals surface area contributed by atoms with E-state index in [1.807, 2.05) is 37.3 Å². The summed E-state index contributed by atoms with van der Waals surface area (Å²) in [4.78, 5) is 68.9. The third kappa shape index (κ3) is 10.2. The lowest BCUT2D eigenvalue weighted by atomic mass is 9.96. The van der Waals surface area contributed by atoms with Crippen molar-refractivity contribution >= 4 is 29.6 Å². The summed E-state index contributed by atoms with van der Waals surface area (Å²) < 4.78 is 0. The first-order valence-electron chi connectivity index (χ1n) is 12.7. The number of carbonyl (C=O) groups is 5. The molecule has 0 aliphatic rings. The number of nitrogens with two attached hydrogens (primary N) is 2. The largest absolute Gasteiger partial charge is 0.480 e. The molecule has 1 aromatic carbocycles. The molecule has 0 spiro atoms. The van der Waals surface area contributed by atoms with Crippen LogP contribution in [0, 0.1) is 5.92 Å². The predicted molar refractivity (Wildman–Crippen MR) is 142 cm³/mol. The smallest absolute Gasteiger partial charge is 0.326 e. The van der Waals surface area contributed by atoms with Gasteiger partial charge in [0.1, 0.15) is 18.1 Å². The molecule has 5 atom stereocenters. The van der Waals surface area contributed by atoms with E-state index in [4.69, 9.17) is 11.5 Å². The van der Waals surface area contributed by atoms with E-state index < -0.39 is 53.8 Å². The van der Waals surface area contributed by atoms with Crippen molar-refractivity contribution < 1.29 is 29.1 Å². The number of H-pyrrole nitrogens is 1. The Balaban J connectivity index is 2.18. The molecule has 2 rings (SSSR count). The highest BCUT2D eigenvalue weighted by atomic mass is 16.4. The molecule has 4 amide bonds. The van der Waals surface area contributed by atoms with Crippen molar-refractivity contribution in [1.29, 1.82) is 0 Å². The van der Waals surface area contributed by atoms with Gasteiger partial charge in [-0.3, -0.25) is 19.2 Å². The Morgan fingerprint density at radius 3 is 2.21 bits per heavy atom. The van der Waals surface area contributed by atoms with Crippen molar-refractivity contribution in [3.63, 3.8) is 0 Å². The Morgan fingerprint density at radius 2 is 1.64 bits per heavy atom. The van der Waals surface area contributed by atoms with Crippen LogP contribution in [0.5, 0.6) is 0 Å². The first-order chi connectivity index (χ1) is 18.5. The second-order valence-electron chi connectivity index (χ2n) is 9.41. The third-order valence-electron chi connectivity index (χ3n) is 6.33. The number of nitrogens with one attached hydrogen (secondary N) is 4. The number of amides is 4. The number of imidazole rings is 1. The number of primary amides is 1. The molecule has 212 valence electrons. The van der Waals surface area contributed by atoms with Crippen molar-refractivity contribution in [3.05, 3.63) is 54.1 Å². The Morgan fingerprint density at radius 1 is 0.974 bits per heavy atom. The fourth-order valence-electron chi connectivity index (χ4n) is 3.83. The van der Waals surface area contributed by atoms with E-state index in [1.165, 1.54) is 12.5 Å². The minimum absolute atomic E-state index is 0.0425. The molecule has 9 N–H and O–H groups in total. The summed E-state index contributed by atoms with van der Waals surface area (Å²) in [6, 6.07) is 4.66. The number of benzene rings is 1. The van der Waals surface area contributed by atoms with Crippen LogP contribution in [-0.2, 0) is 36.8 Å². The van der Waals surface area contributed by atoms with Gasteiger partial charge in [0.05, 0.1) is 12.4 Å². The third-order valence-corrected chi connectivity index (χ3v) is 6.33. The average molecular weight is 544 g/mol. The van der Waals surface area contributed by atoms with Gasteiger partial charge in [-0.25, -0.2) is 9.78 Å². The van der Waals surface area contributed by atoms with Crippen LogP contribution >= 0.6 is 0 Å². The number of carboxylic acid groups (broad SMARTS) is 1. The molecule has 0 saturated heterocycles. The molecule has 39 heavy (non-hydrogen) atoms. The Labute approximate surface area is 226 Å². The van der Waals surface area contributed by atoms with Crippen molar-refractivity contribution in [1.82, 2.24) is 25.9 Å². The van der Waals surface area contributed by atoms with Crippen molar-refractivity contribution in [2.75, 3.05) is 0 Å². The molecule has 1 aromatic heterocycles. The van der Waals surface area contributed by atoms with E-state index in [1.54, 1.807) is 6.92 Å². The van der Waals surface area contributed by atoms with E-state index in [-0.39, 0.29) is 31.6 Å². The van der Waals surface area contributed by atoms with Gasteiger partial charge in [-0.05, 0) is 24.3 Å².